The van der Waals surface area contributed by atoms with E-state index in [1.807, 2.05) is 6.07 Å². The molecule has 1 saturated heterocycles. The first-order valence-electron chi connectivity index (χ1n) is 6.29. The minimum atomic E-state index is -2.97. The Labute approximate surface area is 128 Å². The lowest BCUT2D eigenvalue weighted by molar-refractivity contribution is -0.121. The molecule has 0 aromatic heterocycles. The molecule has 1 fully saturated rings. The van der Waals surface area contributed by atoms with Gasteiger partial charge in [-0.15, -0.1) is 0 Å². The van der Waals surface area contributed by atoms with Crippen molar-refractivity contribution in [1.82, 2.24) is 5.32 Å². The van der Waals surface area contributed by atoms with Gasteiger partial charge in [-0.1, -0.05) is 29.3 Å². The van der Waals surface area contributed by atoms with Gasteiger partial charge in [0.15, 0.2) is 9.84 Å². The van der Waals surface area contributed by atoms with E-state index < -0.39 is 9.84 Å². The number of halogens is 2. The van der Waals surface area contributed by atoms with Gasteiger partial charge in [0.25, 0.3) is 0 Å². The summed E-state index contributed by atoms with van der Waals surface area (Å²) < 4.78 is 22.6. The lowest BCUT2D eigenvalue weighted by atomic mass is 10.1. The Kier molecular flexibility index (Phi) is 4.94. The lowest BCUT2D eigenvalue weighted by Crippen LogP contribution is -2.35. The predicted octanol–water partition coefficient (Wildman–Crippen LogP) is 2.23. The summed E-state index contributed by atoms with van der Waals surface area (Å²) >= 11 is 11.7. The molecule has 0 bridgehead atoms. The Morgan fingerprint density at radius 3 is 2.65 bits per heavy atom. The van der Waals surface area contributed by atoms with Gasteiger partial charge in [-0.3, -0.25) is 4.79 Å². The zero-order chi connectivity index (χ0) is 14.8. The maximum atomic E-state index is 11.8. The van der Waals surface area contributed by atoms with E-state index in [4.69, 9.17) is 23.2 Å². The van der Waals surface area contributed by atoms with E-state index in [-0.39, 0.29) is 23.5 Å². The minimum absolute atomic E-state index is 0.0471. The van der Waals surface area contributed by atoms with E-state index in [1.165, 1.54) is 0 Å². The molecule has 1 aliphatic heterocycles. The fraction of sp³-hybridized carbons (Fsp3) is 0.462. The van der Waals surface area contributed by atoms with Crippen LogP contribution in [0.25, 0.3) is 0 Å². The number of amides is 1. The van der Waals surface area contributed by atoms with Crippen LogP contribution in [0.3, 0.4) is 0 Å². The normalized spacial score (nSPS) is 20.8. The van der Waals surface area contributed by atoms with Gasteiger partial charge in [0.1, 0.15) is 0 Å². The maximum absolute atomic E-state index is 11.8. The topological polar surface area (TPSA) is 63.2 Å². The molecule has 110 valence electrons. The van der Waals surface area contributed by atoms with Crippen molar-refractivity contribution in [1.29, 1.82) is 0 Å². The highest BCUT2D eigenvalue weighted by Gasteiger charge is 2.28. The summed E-state index contributed by atoms with van der Waals surface area (Å²) in [6, 6.07) is 5.00. The van der Waals surface area contributed by atoms with Crippen LogP contribution in [0.15, 0.2) is 18.2 Å². The van der Waals surface area contributed by atoms with E-state index in [0.29, 0.717) is 29.3 Å². The van der Waals surface area contributed by atoms with E-state index in [9.17, 15) is 13.2 Å². The Balaban J connectivity index is 1.82. The van der Waals surface area contributed by atoms with Gasteiger partial charge in [-0.25, -0.2) is 8.42 Å². The Morgan fingerprint density at radius 2 is 2.05 bits per heavy atom. The number of aryl methyl sites for hydroxylation is 1. The fourth-order valence-corrected chi connectivity index (χ4v) is 4.16. The predicted molar refractivity (Wildman–Crippen MR) is 80.0 cm³/mol. The Bertz CT molecular complexity index is 616. The van der Waals surface area contributed by atoms with Crippen molar-refractivity contribution in [2.75, 3.05) is 11.5 Å². The van der Waals surface area contributed by atoms with Gasteiger partial charge in [0.2, 0.25) is 5.91 Å². The number of hydrogen-bond acceptors (Lipinski definition) is 3. The van der Waals surface area contributed by atoms with Crippen LogP contribution in [0.2, 0.25) is 10.0 Å². The molecule has 0 spiro atoms. The second-order valence-corrected chi connectivity index (χ2v) is 7.96. The van der Waals surface area contributed by atoms with Crippen molar-refractivity contribution in [2.24, 2.45) is 0 Å². The molecule has 0 radical (unpaired) electrons. The van der Waals surface area contributed by atoms with Crippen LogP contribution in [-0.2, 0) is 21.1 Å². The molecule has 20 heavy (non-hydrogen) atoms. The summed E-state index contributed by atoms with van der Waals surface area (Å²) in [5.41, 5.74) is 0.925. The largest absolute Gasteiger partial charge is 0.352 e. The van der Waals surface area contributed by atoms with Crippen molar-refractivity contribution in [3.8, 4) is 0 Å². The maximum Gasteiger partial charge on any atom is 0.220 e. The van der Waals surface area contributed by atoms with Crippen LogP contribution < -0.4 is 5.32 Å². The number of rotatable bonds is 4. The molecule has 1 heterocycles. The summed E-state index contributed by atoms with van der Waals surface area (Å²) in [4.78, 5) is 11.8. The van der Waals surface area contributed by atoms with Crippen LogP contribution in [0.4, 0.5) is 0 Å². The second kappa shape index (κ2) is 6.33. The molecule has 0 unspecified atom stereocenters. The summed E-state index contributed by atoms with van der Waals surface area (Å²) in [6.07, 6.45) is 1.34. The number of benzene rings is 1. The highest BCUT2D eigenvalue weighted by molar-refractivity contribution is 7.91. The minimum Gasteiger partial charge on any atom is -0.352 e. The average molecular weight is 336 g/mol. The van der Waals surface area contributed by atoms with Crippen molar-refractivity contribution < 1.29 is 13.2 Å². The van der Waals surface area contributed by atoms with E-state index in [2.05, 4.69) is 5.32 Å². The highest BCUT2D eigenvalue weighted by Crippen LogP contribution is 2.23. The average Bonchev–Trinajstić information content (AvgIpc) is 2.70. The molecule has 0 aliphatic carbocycles. The zero-order valence-electron chi connectivity index (χ0n) is 10.7. The van der Waals surface area contributed by atoms with Gasteiger partial charge in [-0.05, 0) is 30.5 Å². The van der Waals surface area contributed by atoms with E-state index >= 15 is 0 Å². The molecule has 4 nitrogen and oxygen atoms in total. The molecule has 0 saturated carbocycles. The SMILES string of the molecule is O=C(CCc1ccc(Cl)c(Cl)c1)N[C@@H]1CCS(=O)(=O)C1. The Hall–Kier alpha value is -0.780. The summed E-state index contributed by atoms with van der Waals surface area (Å²) in [7, 11) is -2.97. The standard InChI is InChI=1S/C13H15Cl2NO3S/c14-11-3-1-9(7-12(11)15)2-4-13(17)16-10-5-6-20(18,19)8-10/h1,3,7,10H,2,4-6,8H2,(H,16,17)/t10-/m1/s1. The first kappa shape index (κ1) is 15.6. The molecular formula is C13H15Cl2NO3S. The van der Waals surface area contributed by atoms with Gasteiger partial charge in [0, 0.05) is 12.5 Å². The van der Waals surface area contributed by atoms with E-state index in [0.717, 1.165) is 5.56 Å². The molecule has 1 atom stereocenters. The van der Waals surface area contributed by atoms with Crippen LogP contribution >= 0.6 is 23.2 Å². The third kappa shape index (κ3) is 4.36. The number of nitrogens with one attached hydrogen (secondary N) is 1. The van der Waals surface area contributed by atoms with Crippen molar-refractivity contribution >= 4 is 38.9 Å². The number of carbonyl (C=O) groups is 1. The van der Waals surface area contributed by atoms with Crippen molar-refractivity contribution in [2.45, 2.75) is 25.3 Å². The van der Waals surface area contributed by atoms with Crippen LogP contribution in [-0.4, -0.2) is 31.9 Å². The molecule has 1 N–H and O–H groups in total. The quantitative estimate of drug-likeness (QED) is 0.917. The number of sulfone groups is 1. The van der Waals surface area contributed by atoms with Crippen LogP contribution in [0.5, 0.6) is 0 Å². The monoisotopic (exact) mass is 335 g/mol. The molecule has 1 aromatic rings. The summed E-state index contributed by atoms with van der Waals surface area (Å²) in [5, 5.41) is 3.70. The van der Waals surface area contributed by atoms with Crippen molar-refractivity contribution in [3.63, 3.8) is 0 Å². The van der Waals surface area contributed by atoms with Gasteiger partial charge >= 0.3 is 0 Å². The van der Waals surface area contributed by atoms with Crippen LogP contribution in [0, 0.1) is 0 Å². The second-order valence-electron chi connectivity index (χ2n) is 4.92. The molecule has 1 aromatic carbocycles. The van der Waals surface area contributed by atoms with E-state index in [1.54, 1.807) is 12.1 Å². The zero-order valence-corrected chi connectivity index (χ0v) is 13.1. The van der Waals surface area contributed by atoms with Gasteiger partial charge in [-0.2, -0.15) is 0 Å². The molecule has 1 aliphatic rings. The highest BCUT2D eigenvalue weighted by atomic mass is 35.5. The van der Waals surface area contributed by atoms with Gasteiger partial charge in [0.05, 0.1) is 21.6 Å². The van der Waals surface area contributed by atoms with Crippen LogP contribution in [0.1, 0.15) is 18.4 Å². The van der Waals surface area contributed by atoms with Gasteiger partial charge < -0.3 is 5.32 Å². The molecule has 7 heteroatoms. The number of hydrogen-bond donors (Lipinski definition) is 1. The lowest BCUT2D eigenvalue weighted by Gasteiger charge is -2.10. The first-order chi connectivity index (χ1) is 9.35. The third-order valence-corrected chi connectivity index (χ3v) is 5.73. The third-order valence-electron chi connectivity index (χ3n) is 3.22. The first-order valence-corrected chi connectivity index (χ1v) is 8.87. The fourth-order valence-electron chi connectivity index (χ4n) is 2.16. The summed E-state index contributed by atoms with van der Waals surface area (Å²) in [6.45, 7) is 0. The molecular weight excluding hydrogens is 321 g/mol. The molecule has 1 amide bonds. The van der Waals surface area contributed by atoms with Crippen molar-refractivity contribution in [3.05, 3.63) is 33.8 Å². The smallest absolute Gasteiger partial charge is 0.220 e. The number of carbonyl (C=O) groups excluding carboxylic acids is 1. The summed E-state index contributed by atoms with van der Waals surface area (Å²) in [5.74, 6) is 0.0640. The Morgan fingerprint density at radius 1 is 1.30 bits per heavy atom. The molecule has 2 rings (SSSR count).